The van der Waals surface area contributed by atoms with Gasteiger partial charge in [0.15, 0.2) is 0 Å². The molecule has 0 aliphatic carbocycles. The number of rotatable bonds is 5. The lowest BCUT2D eigenvalue weighted by atomic mass is 10.2. The van der Waals surface area contributed by atoms with Crippen molar-refractivity contribution >= 4 is 17.5 Å². The zero-order valence-electron chi connectivity index (χ0n) is 10.1. The number of hydrogen-bond acceptors (Lipinski definition) is 5. The van der Waals surface area contributed by atoms with Crippen molar-refractivity contribution < 1.29 is 4.74 Å². The largest absolute Gasteiger partial charge is 0.467 e. The lowest BCUT2D eigenvalue weighted by Gasteiger charge is -2.24. The van der Waals surface area contributed by atoms with E-state index in [0.29, 0.717) is 12.0 Å². The summed E-state index contributed by atoms with van der Waals surface area (Å²) < 4.78 is 4.95. The number of anilines is 1. The minimum atomic E-state index is 0.150. The van der Waals surface area contributed by atoms with E-state index in [1.807, 2.05) is 11.9 Å². The van der Waals surface area contributed by atoms with Crippen molar-refractivity contribution in [3.05, 3.63) is 5.28 Å². The molecule has 0 spiro atoms. The molecule has 1 aromatic rings. The van der Waals surface area contributed by atoms with E-state index in [-0.39, 0.29) is 11.3 Å². The van der Waals surface area contributed by atoms with Gasteiger partial charge in [0.05, 0.1) is 7.11 Å². The zero-order chi connectivity index (χ0) is 12.1. The highest BCUT2D eigenvalue weighted by molar-refractivity contribution is 6.28. The predicted octanol–water partition coefficient (Wildman–Crippen LogP) is 2.16. The number of aromatic nitrogens is 3. The molecule has 6 heteroatoms. The van der Waals surface area contributed by atoms with E-state index < -0.39 is 0 Å². The van der Waals surface area contributed by atoms with Crippen LogP contribution in [-0.2, 0) is 0 Å². The number of nitrogens with zero attached hydrogens (tertiary/aromatic N) is 4. The number of ether oxygens (including phenoxy) is 1. The second kappa shape index (κ2) is 5.84. The molecule has 5 nitrogen and oxygen atoms in total. The summed E-state index contributed by atoms with van der Waals surface area (Å²) in [5.74, 6) is 0.540. The fraction of sp³-hybridized carbons (Fsp3) is 0.700. The highest BCUT2D eigenvalue weighted by Gasteiger charge is 2.14. The SMILES string of the molecule is CCCC(C)N(C)c1nc(Cl)nc(OC)n1. The summed E-state index contributed by atoms with van der Waals surface area (Å²) in [7, 11) is 3.44. The van der Waals surface area contributed by atoms with Gasteiger partial charge in [-0.15, -0.1) is 0 Å². The van der Waals surface area contributed by atoms with Gasteiger partial charge < -0.3 is 9.64 Å². The molecule has 1 rings (SSSR count). The van der Waals surface area contributed by atoms with Crippen molar-refractivity contribution in [1.29, 1.82) is 0 Å². The summed E-state index contributed by atoms with van der Waals surface area (Å²) >= 11 is 5.79. The first-order valence-electron chi connectivity index (χ1n) is 5.26. The van der Waals surface area contributed by atoms with Crippen LogP contribution < -0.4 is 9.64 Å². The van der Waals surface area contributed by atoms with Gasteiger partial charge >= 0.3 is 6.01 Å². The molecule has 0 saturated heterocycles. The molecular weight excluding hydrogens is 228 g/mol. The van der Waals surface area contributed by atoms with Crippen molar-refractivity contribution in [2.24, 2.45) is 0 Å². The molecule has 1 unspecified atom stereocenters. The van der Waals surface area contributed by atoms with Gasteiger partial charge in [-0.1, -0.05) is 13.3 Å². The minimum absolute atomic E-state index is 0.150. The van der Waals surface area contributed by atoms with E-state index in [4.69, 9.17) is 16.3 Å². The van der Waals surface area contributed by atoms with Crippen LogP contribution >= 0.6 is 11.6 Å². The molecule has 16 heavy (non-hydrogen) atoms. The van der Waals surface area contributed by atoms with Crippen molar-refractivity contribution in [3.8, 4) is 6.01 Å². The zero-order valence-corrected chi connectivity index (χ0v) is 10.8. The Morgan fingerprint density at radius 3 is 2.62 bits per heavy atom. The summed E-state index contributed by atoms with van der Waals surface area (Å²) in [5.41, 5.74) is 0. The molecule has 0 fully saturated rings. The lowest BCUT2D eigenvalue weighted by molar-refractivity contribution is 0.377. The third kappa shape index (κ3) is 3.20. The normalized spacial score (nSPS) is 12.3. The topological polar surface area (TPSA) is 51.1 Å². The maximum Gasteiger partial charge on any atom is 0.322 e. The second-order valence-corrected chi connectivity index (χ2v) is 3.98. The lowest BCUT2D eigenvalue weighted by Crippen LogP contribution is -2.30. The highest BCUT2D eigenvalue weighted by Crippen LogP contribution is 2.17. The molecular formula is C10H17ClN4O. The van der Waals surface area contributed by atoms with E-state index in [1.165, 1.54) is 7.11 Å². The molecule has 0 aliphatic rings. The molecule has 0 N–H and O–H groups in total. The van der Waals surface area contributed by atoms with Gasteiger partial charge in [0.25, 0.3) is 0 Å². The summed E-state index contributed by atoms with van der Waals surface area (Å²) in [5, 5.41) is 0.150. The molecule has 90 valence electrons. The first-order chi connectivity index (χ1) is 7.58. The average Bonchev–Trinajstić information content (AvgIpc) is 2.27. The average molecular weight is 245 g/mol. The molecule has 0 bridgehead atoms. The van der Waals surface area contributed by atoms with Gasteiger partial charge in [-0.25, -0.2) is 0 Å². The predicted molar refractivity (Wildman–Crippen MR) is 64.2 cm³/mol. The number of halogens is 1. The molecule has 1 heterocycles. The maximum absolute atomic E-state index is 5.79. The van der Waals surface area contributed by atoms with Gasteiger partial charge in [-0.3, -0.25) is 0 Å². The first-order valence-corrected chi connectivity index (χ1v) is 5.64. The van der Waals surface area contributed by atoms with Crippen LogP contribution in [0.15, 0.2) is 0 Å². The van der Waals surface area contributed by atoms with Crippen molar-refractivity contribution in [1.82, 2.24) is 15.0 Å². The van der Waals surface area contributed by atoms with E-state index >= 15 is 0 Å². The Morgan fingerprint density at radius 1 is 1.38 bits per heavy atom. The summed E-state index contributed by atoms with van der Waals surface area (Å²) in [6.07, 6.45) is 2.18. The Kier molecular flexibility index (Phi) is 4.73. The van der Waals surface area contributed by atoms with Gasteiger partial charge in [0, 0.05) is 13.1 Å². The van der Waals surface area contributed by atoms with Crippen molar-refractivity contribution in [2.45, 2.75) is 32.7 Å². The van der Waals surface area contributed by atoms with E-state index in [1.54, 1.807) is 0 Å². The molecule has 0 saturated carbocycles. The van der Waals surface area contributed by atoms with Gasteiger partial charge in [0.2, 0.25) is 11.2 Å². The smallest absolute Gasteiger partial charge is 0.322 e. The molecule has 1 aromatic heterocycles. The van der Waals surface area contributed by atoms with E-state index in [2.05, 4.69) is 28.8 Å². The van der Waals surface area contributed by atoms with E-state index in [9.17, 15) is 0 Å². The maximum atomic E-state index is 5.79. The van der Waals surface area contributed by atoms with Crippen LogP contribution in [0.3, 0.4) is 0 Å². The fourth-order valence-corrected chi connectivity index (χ4v) is 1.53. The molecule has 0 aromatic carbocycles. The van der Waals surface area contributed by atoms with Crippen LogP contribution in [0.2, 0.25) is 5.28 Å². The van der Waals surface area contributed by atoms with Crippen LogP contribution in [0.25, 0.3) is 0 Å². The Hall–Kier alpha value is -1.10. The third-order valence-electron chi connectivity index (χ3n) is 2.44. The summed E-state index contributed by atoms with van der Waals surface area (Å²) in [6, 6.07) is 0.596. The molecule has 1 atom stereocenters. The molecule has 0 radical (unpaired) electrons. The third-order valence-corrected chi connectivity index (χ3v) is 2.61. The monoisotopic (exact) mass is 244 g/mol. The first kappa shape index (κ1) is 13.0. The number of hydrogen-bond donors (Lipinski definition) is 0. The van der Waals surface area contributed by atoms with E-state index in [0.717, 1.165) is 12.8 Å². The summed E-state index contributed by atoms with van der Waals surface area (Å²) in [4.78, 5) is 14.0. The molecule has 0 aliphatic heterocycles. The van der Waals surface area contributed by atoms with Crippen LogP contribution in [-0.4, -0.2) is 35.2 Å². The fourth-order valence-electron chi connectivity index (χ4n) is 1.38. The standard InChI is InChI=1S/C10H17ClN4O/c1-5-6-7(2)15(3)9-12-8(11)13-10(14-9)16-4/h7H,5-6H2,1-4H3. The van der Waals surface area contributed by atoms with Crippen molar-refractivity contribution in [3.63, 3.8) is 0 Å². The Labute approximate surface area is 101 Å². The Bertz CT molecular complexity index is 348. The van der Waals surface area contributed by atoms with Crippen LogP contribution in [0, 0.1) is 0 Å². The van der Waals surface area contributed by atoms with Crippen molar-refractivity contribution in [2.75, 3.05) is 19.1 Å². The van der Waals surface area contributed by atoms with Gasteiger partial charge in [-0.05, 0) is 24.9 Å². The van der Waals surface area contributed by atoms with Crippen LogP contribution in [0.4, 0.5) is 5.95 Å². The Balaban J connectivity index is 2.89. The Morgan fingerprint density at radius 2 is 2.06 bits per heavy atom. The molecule has 0 amide bonds. The second-order valence-electron chi connectivity index (χ2n) is 3.64. The van der Waals surface area contributed by atoms with Crippen LogP contribution in [0.5, 0.6) is 6.01 Å². The van der Waals surface area contributed by atoms with Gasteiger partial charge in [0.1, 0.15) is 0 Å². The van der Waals surface area contributed by atoms with Crippen LogP contribution in [0.1, 0.15) is 26.7 Å². The number of methoxy groups -OCH3 is 1. The summed E-state index contributed by atoms with van der Waals surface area (Å²) in [6.45, 7) is 4.26. The van der Waals surface area contributed by atoms with Gasteiger partial charge in [-0.2, -0.15) is 15.0 Å². The highest BCUT2D eigenvalue weighted by atomic mass is 35.5. The minimum Gasteiger partial charge on any atom is -0.467 e. The quantitative estimate of drug-likeness (QED) is 0.795.